The molecule has 3 rings (SSSR count). The summed E-state index contributed by atoms with van der Waals surface area (Å²) < 4.78 is 32.2. The summed E-state index contributed by atoms with van der Waals surface area (Å²) >= 11 is 0. The number of piperidine rings is 1. The van der Waals surface area contributed by atoms with Crippen LogP contribution in [0.4, 0.5) is 5.69 Å². The van der Waals surface area contributed by atoms with Crippen molar-refractivity contribution in [2.45, 2.75) is 57.3 Å². The van der Waals surface area contributed by atoms with Crippen LogP contribution >= 0.6 is 0 Å². The van der Waals surface area contributed by atoms with E-state index in [-0.39, 0.29) is 23.1 Å². The number of nitrogens with one attached hydrogen (secondary N) is 1. The first-order chi connectivity index (χ1) is 13.8. The second kappa shape index (κ2) is 9.04. The molecule has 0 spiro atoms. The van der Waals surface area contributed by atoms with Gasteiger partial charge in [0, 0.05) is 37.5 Å². The molecule has 1 aliphatic heterocycles. The minimum absolute atomic E-state index is 0.171. The van der Waals surface area contributed by atoms with Gasteiger partial charge in [0.25, 0.3) is 0 Å². The maximum atomic E-state index is 12.8. The van der Waals surface area contributed by atoms with Gasteiger partial charge in [-0.2, -0.15) is 9.29 Å². The lowest BCUT2D eigenvalue weighted by atomic mass is 10.0. The van der Waals surface area contributed by atoms with Crippen LogP contribution in [0.25, 0.3) is 0 Å². The summed E-state index contributed by atoms with van der Waals surface area (Å²) in [7, 11) is -3.49. The highest BCUT2D eigenvalue weighted by molar-refractivity contribution is 7.89. The van der Waals surface area contributed by atoms with Crippen LogP contribution in [0.15, 0.2) is 33.7 Å². The molecule has 1 fully saturated rings. The molecule has 8 nitrogen and oxygen atoms in total. The molecule has 1 saturated heterocycles. The van der Waals surface area contributed by atoms with Crippen molar-refractivity contribution in [1.29, 1.82) is 0 Å². The molecule has 2 aromatic rings. The molecular weight excluding hydrogens is 392 g/mol. The van der Waals surface area contributed by atoms with Gasteiger partial charge >= 0.3 is 0 Å². The predicted octanol–water partition coefficient (Wildman–Crippen LogP) is 3.18. The molecule has 1 aromatic heterocycles. The highest BCUT2D eigenvalue weighted by Gasteiger charge is 2.27. The highest BCUT2D eigenvalue weighted by atomic mass is 32.2. The summed E-state index contributed by atoms with van der Waals surface area (Å²) in [6.45, 7) is 7.18. The van der Waals surface area contributed by atoms with Gasteiger partial charge in [-0.1, -0.05) is 25.9 Å². The molecule has 2 heterocycles. The zero-order chi connectivity index (χ0) is 21.0. The van der Waals surface area contributed by atoms with Crippen molar-refractivity contribution in [1.82, 2.24) is 14.4 Å². The Morgan fingerprint density at radius 3 is 2.48 bits per heavy atom. The number of benzene rings is 1. The average Bonchev–Trinajstić information content (AvgIpc) is 3.17. The Hall–Kier alpha value is -2.26. The van der Waals surface area contributed by atoms with Crippen molar-refractivity contribution in [2.24, 2.45) is 5.92 Å². The summed E-state index contributed by atoms with van der Waals surface area (Å²) in [6.07, 6.45) is 2.31. The number of aryl methyl sites for hydroxylation is 1. The second-order valence-corrected chi connectivity index (χ2v) is 9.80. The highest BCUT2D eigenvalue weighted by Crippen LogP contribution is 2.24. The fraction of sp³-hybridized carbons (Fsp3) is 0.550. The number of amides is 1. The quantitative estimate of drug-likeness (QED) is 0.737. The third-order valence-corrected chi connectivity index (χ3v) is 7.00. The van der Waals surface area contributed by atoms with Gasteiger partial charge in [0.2, 0.25) is 21.8 Å². The largest absolute Gasteiger partial charge is 0.339 e. The molecule has 9 heteroatoms. The first-order valence-electron chi connectivity index (χ1n) is 9.98. The zero-order valence-corrected chi connectivity index (χ0v) is 17.9. The van der Waals surface area contributed by atoms with E-state index in [4.69, 9.17) is 4.52 Å². The number of nitrogens with zero attached hydrogens (tertiary/aromatic N) is 3. The third kappa shape index (κ3) is 5.42. The van der Waals surface area contributed by atoms with Crippen LogP contribution in [0.1, 0.15) is 57.7 Å². The Labute approximate surface area is 171 Å². The molecule has 0 radical (unpaired) electrons. The van der Waals surface area contributed by atoms with Gasteiger partial charge < -0.3 is 9.84 Å². The Bertz CT molecular complexity index is 930. The first kappa shape index (κ1) is 21.4. The van der Waals surface area contributed by atoms with Gasteiger partial charge in [0.05, 0.1) is 4.90 Å². The van der Waals surface area contributed by atoms with E-state index < -0.39 is 10.0 Å². The van der Waals surface area contributed by atoms with E-state index in [9.17, 15) is 13.2 Å². The molecule has 0 bridgehead atoms. The fourth-order valence-corrected chi connectivity index (χ4v) is 4.60. The summed E-state index contributed by atoms with van der Waals surface area (Å²) in [5.74, 6) is 1.59. The monoisotopic (exact) mass is 420 g/mol. The van der Waals surface area contributed by atoms with Crippen LogP contribution < -0.4 is 5.32 Å². The maximum absolute atomic E-state index is 12.8. The molecular formula is C20H28N4O4S. The van der Waals surface area contributed by atoms with E-state index in [0.29, 0.717) is 42.8 Å². The number of carbonyl (C=O) groups is 1. The lowest BCUT2D eigenvalue weighted by Gasteiger charge is -2.29. The van der Waals surface area contributed by atoms with Crippen LogP contribution in [-0.4, -0.2) is 41.9 Å². The van der Waals surface area contributed by atoms with Crippen LogP contribution in [0.3, 0.4) is 0 Å². The van der Waals surface area contributed by atoms with E-state index >= 15 is 0 Å². The van der Waals surface area contributed by atoms with Gasteiger partial charge in [-0.15, -0.1) is 0 Å². The van der Waals surface area contributed by atoms with E-state index in [2.05, 4.69) is 22.4 Å². The minimum Gasteiger partial charge on any atom is -0.339 e. The van der Waals surface area contributed by atoms with Crippen LogP contribution in [0.5, 0.6) is 0 Å². The van der Waals surface area contributed by atoms with Crippen molar-refractivity contribution in [3.8, 4) is 0 Å². The number of aromatic nitrogens is 2. The van der Waals surface area contributed by atoms with E-state index in [1.807, 2.05) is 13.8 Å². The molecule has 1 N–H and O–H groups in total. The molecule has 0 aliphatic carbocycles. The Morgan fingerprint density at radius 1 is 1.24 bits per heavy atom. The zero-order valence-electron chi connectivity index (χ0n) is 17.1. The summed E-state index contributed by atoms with van der Waals surface area (Å²) in [6, 6.07) is 6.30. The molecule has 1 aromatic carbocycles. The SMILES string of the molecule is CC1CCN(S(=O)(=O)c2ccc(NC(=O)CCc3nc(C(C)C)no3)cc2)CC1. The maximum Gasteiger partial charge on any atom is 0.243 e. The summed E-state index contributed by atoms with van der Waals surface area (Å²) in [5.41, 5.74) is 0.551. The molecule has 0 atom stereocenters. The lowest BCUT2D eigenvalue weighted by molar-refractivity contribution is -0.116. The minimum atomic E-state index is -3.49. The van der Waals surface area contributed by atoms with Crippen molar-refractivity contribution in [2.75, 3.05) is 18.4 Å². The van der Waals surface area contributed by atoms with Crippen LogP contribution in [0.2, 0.25) is 0 Å². The van der Waals surface area contributed by atoms with Gasteiger partial charge in [-0.25, -0.2) is 8.42 Å². The molecule has 1 amide bonds. The van der Waals surface area contributed by atoms with Crippen molar-refractivity contribution >= 4 is 21.6 Å². The summed E-state index contributed by atoms with van der Waals surface area (Å²) in [4.78, 5) is 16.7. The van der Waals surface area contributed by atoms with E-state index in [1.54, 1.807) is 12.1 Å². The van der Waals surface area contributed by atoms with E-state index in [0.717, 1.165) is 12.8 Å². The molecule has 1 aliphatic rings. The normalized spacial score (nSPS) is 16.3. The van der Waals surface area contributed by atoms with E-state index in [1.165, 1.54) is 16.4 Å². The number of hydrogen-bond acceptors (Lipinski definition) is 6. The van der Waals surface area contributed by atoms with Gasteiger partial charge in [-0.05, 0) is 43.0 Å². The topological polar surface area (TPSA) is 105 Å². The lowest BCUT2D eigenvalue weighted by Crippen LogP contribution is -2.37. The van der Waals surface area contributed by atoms with Crippen molar-refractivity contribution in [3.63, 3.8) is 0 Å². The standard InChI is InChI=1S/C20H28N4O4S/c1-14(2)20-22-19(28-23-20)9-8-18(25)21-16-4-6-17(7-5-16)29(26,27)24-12-10-15(3)11-13-24/h4-7,14-15H,8-13H2,1-3H3,(H,21,25). The number of hydrogen-bond donors (Lipinski definition) is 1. The molecule has 158 valence electrons. The Kier molecular flexibility index (Phi) is 6.69. The van der Waals surface area contributed by atoms with Crippen molar-refractivity contribution in [3.05, 3.63) is 36.0 Å². The molecule has 0 saturated carbocycles. The third-order valence-electron chi connectivity index (χ3n) is 5.08. The van der Waals surface area contributed by atoms with Crippen molar-refractivity contribution < 1.29 is 17.7 Å². The van der Waals surface area contributed by atoms with Gasteiger partial charge in [-0.3, -0.25) is 4.79 Å². The number of anilines is 1. The smallest absolute Gasteiger partial charge is 0.243 e. The molecule has 0 unspecified atom stereocenters. The Balaban J connectivity index is 1.54. The van der Waals surface area contributed by atoms with Gasteiger partial charge in [0.15, 0.2) is 5.82 Å². The predicted molar refractivity (Wildman–Crippen MR) is 109 cm³/mol. The number of carbonyl (C=O) groups excluding carboxylic acids is 1. The number of sulfonamides is 1. The average molecular weight is 421 g/mol. The molecule has 29 heavy (non-hydrogen) atoms. The fourth-order valence-electron chi connectivity index (χ4n) is 3.13. The number of rotatable bonds is 7. The summed E-state index contributed by atoms with van der Waals surface area (Å²) in [5, 5.41) is 6.64. The van der Waals surface area contributed by atoms with Crippen LogP contribution in [-0.2, 0) is 21.2 Å². The Morgan fingerprint density at radius 2 is 1.90 bits per heavy atom. The van der Waals surface area contributed by atoms with Gasteiger partial charge in [0.1, 0.15) is 0 Å². The van der Waals surface area contributed by atoms with Crippen LogP contribution in [0, 0.1) is 5.92 Å². The second-order valence-electron chi connectivity index (χ2n) is 7.86. The first-order valence-corrected chi connectivity index (χ1v) is 11.4.